The van der Waals surface area contributed by atoms with E-state index in [0.29, 0.717) is 30.2 Å². The van der Waals surface area contributed by atoms with Gasteiger partial charge in [-0.3, -0.25) is 9.59 Å². The van der Waals surface area contributed by atoms with E-state index in [1.54, 1.807) is 36.3 Å². The lowest BCUT2D eigenvalue weighted by molar-refractivity contribution is -0.124. The van der Waals surface area contributed by atoms with Crippen LogP contribution in [0.4, 0.5) is 0 Å². The molecule has 2 aromatic rings. The molecule has 1 saturated heterocycles. The van der Waals surface area contributed by atoms with Crippen LogP contribution in [0.3, 0.4) is 0 Å². The van der Waals surface area contributed by atoms with Gasteiger partial charge in [-0.1, -0.05) is 36.7 Å². The average Bonchev–Trinajstić information content (AvgIpc) is 3.17. The van der Waals surface area contributed by atoms with E-state index in [9.17, 15) is 9.59 Å². The van der Waals surface area contributed by atoms with E-state index in [4.69, 9.17) is 16.3 Å². The zero-order valence-corrected chi connectivity index (χ0v) is 16.9. The molecular formula is C22H25ClN2O3. The number of carbonyl (C=O) groups is 2. The Morgan fingerprint density at radius 1 is 1.14 bits per heavy atom. The molecule has 0 radical (unpaired) electrons. The monoisotopic (exact) mass is 400 g/mol. The van der Waals surface area contributed by atoms with Crippen molar-refractivity contribution in [2.24, 2.45) is 5.92 Å². The predicted molar refractivity (Wildman–Crippen MR) is 110 cm³/mol. The number of nitrogens with one attached hydrogen (secondary N) is 1. The van der Waals surface area contributed by atoms with E-state index in [1.165, 1.54) is 0 Å². The van der Waals surface area contributed by atoms with E-state index in [2.05, 4.69) is 5.32 Å². The Kier molecular flexibility index (Phi) is 6.57. The van der Waals surface area contributed by atoms with Crippen LogP contribution in [-0.4, -0.2) is 43.5 Å². The third kappa shape index (κ3) is 4.30. The fraction of sp³-hybridized carbons (Fsp3) is 0.364. The molecule has 0 aromatic heterocycles. The van der Waals surface area contributed by atoms with Crippen molar-refractivity contribution in [2.75, 3.05) is 26.7 Å². The van der Waals surface area contributed by atoms with Crippen LogP contribution in [-0.2, 0) is 4.79 Å². The third-order valence-corrected chi connectivity index (χ3v) is 5.37. The number of rotatable bonds is 6. The van der Waals surface area contributed by atoms with Crippen LogP contribution in [0.15, 0.2) is 48.5 Å². The quantitative estimate of drug-likeness (QED) is 0.803. The molecular weight excluding hydrogens is 376 g/mol. The number of halogens is 1. The number of hydrogen-bond acceptors (Lipinski definition) is 3. The van der Waals surface area contributed by atoms with Crippen LogP contribution < -0.4 is 10.1 Å². The van der Waals surface area contributed by atoms with E-state index < -0.39 is 0 Å². The standard InChI is InChI=1S/C22H25ClN2O3/c1-3-12-24-21(26)19-14-25(22(27)15-8-10-16(23)11-9-15)13-18(19)17-6-4-5-7-20(17)28-2/h4-11,18-19H,3,12-14H2,1-2H3,(H,24,26). The molecule has 0 aliphatic carbocycles. The highest BCUT2D eigenvalue weighted by Gasteiger charge is 2.41. The van der Waals surface area contributed by atoms with Gasteiger partial charge in [0.25, 0.3) is 5.91 Å². The Balaban J connectivity index is 1.88. The van der Waals surface area contributed by atoms with Crippen LogP contribution >= 0.6 is 11.6 Å². The van der Waals surface area contributed by atoms with Crippen molar-refractivity contribution in [3.05, 3.63) is 64.7 Å². The second-order valence-corrected chi connectivity index (χ2v) is 7.40. The SMILES string of the molecule is CCCNC(=O)C1CN(C(=O)c2ccc(Cl)cc2)CC1c1ccccc1OC. The summed E-state index contributed by atoms with van der Waals surface area (Å²) in [6.45, 7) is 3.48. The summed E-state index contributed by atoms with van der Waals surface area (Å²) in [6.07, 6.45) is 0.866. The summed E-state index contributed by atoms with van der Waals surface area (Å²) in [5.41, 5.74) is 1.52. The predicted octanol–water partition coefficient (Wildman–Crippen LogP) is 3.73. The van der Waals surface area contributed by atoms with Gasteiger partial charge in [-0.2, -0.15) is 0 Å². The molecule has 0 bridgehead atoms. The van der Waals surface area contributed by atoms with Crippen LogP contribution in [0, 0.1) is 5.92 Å². The minimum atomic E-state index is -0.320. The van der Waals surface area contributed by atoms with Gasteiger partial charge in [0.2, 0.25) is 5.91 Å². The first-order valence-electron chi connectivity index (χ1n) is 9.50. The second-order valence-electron chi connectivity index (χ2n) is 6.96. The van der Waals surface area contributed by atoms with Crippen molar-refractivity contribution in [1.29, 1.82) is 0 Å². The lowest BCUT2D eigenvalue weighted by Crippen LogP contribution is -2.36. The van der Waals surface area contributed by atoms with Crippen LogP contribution in [0.2, 0.25) is 5.02 Å². The summed E-state index contributed by atoms with van der Waals surface area (Å²) in [4.78, 5) is 27.6. The molecule has 1 aliphatic rings. The summed E-state index contributed by atoms with van der Waals surface area (Å²) in [5.74, 6) is 0.177. The highest BCUT2D eigenvalue weighted by Crippen LogP contribution is 2.38. The molecule has 2 atom stereocenters. The molecule has 6 heteroatoms. The Morgan fingerprint density at radius 3 is 2.54 bits per heavy atom. The zero-order valence-electron chi connectivity index (χ0n) is 16.2. The first-order chi connectivity index (χ1) is 13.5. The minimum absolute atomic E-state index is 0.0239. The number of ether oxygens (including phenoxy) is 1. The normalized spacial score (nSPS) is 18.8. The lowest BCUT2D eigenvalue weighted by atomic mass is 9.87. The Hall–Kier alpha value is -2.53. The Morgan fingerprint density at radius 2 is 1.86 bits per heavy atom. The van der Waals surface area contributed by atoms with Crippen LogP contribution in [0.1, 0.15) is 35.2 Å². The van der Waals surface area contributed by atoms with Crippen LogP contribution in [0.25, 0.3) is 0 Å². The van der Waals surface area contributed by atoms with Crippen molar-refractivity contribution in [2.45, 2.75) is 19.3 Å². The molecule has 0 spiro atoms. The summed E-state index contributed by atoms with van der Waals surface area (Å²) in [6, 6.07) is 14.5. The number of nitrogens with zero attached hydrogens (tertiary/aromatic N) is 1. The van der Waals surface area contributed by atoms with Crippen molar-refractivity contribution < 1.29 is 14.3 Å². The number of amides is 2. The van der Waals surface area contributed by atoms with Crippen LogP contribution in [0.5, 0.6) is 5.75 Å². The molecule has 1 heterocycles. The van der Waals surface area contributed by atoms with Crippen molar-refractivity contribution >= 4 is 23.4 Å². The number of hydrogen-bond donors (Lipinski definition) is 1. The van der Waals surface area contributed by atoms with Crippen molar-refractivity contribution in [1.82, 2.24) is 10.2 Å². The fourth-order valence-corrected chi connectivity index (χ4v) is 3.80. The van der Waals surface area contributed by atoms with Gasteiger partial charge in [-0.05, 0) is 42.3 Å². The van der Waals surface area contributed by atoms with Crippen molar-refractivity contribution in [3.8, 4) is 5.75 Å². The summed E-state index contributed by atoms with van der Waals surface area (Å²) >= 11 is 5.93. The molecule has 28 heavy (non-hydrogen) atoms. The molecule has 3 rings (SSSR count). The number of benzene rings is 2. The first kappa shape index (κ1) is 20.2. The molecule has 2 unspecified atom stereocenters. The van der Waals surface area contributed by atoms with E-state index >= 15 is 0 Å². The molecule has 2 aromatic carbocycles. The van der Waals surface area contributed by atoms with Crippen molar-refractivity contribution in [3.63, 3.8) is 0 Å². The van der Waals surface area contributed by atoms with Gasteiger partial charge in [0.15, 0.2) is 0 Å². The fourth-order valence-electron chi connectivity index (χ4n) is 3.68. The largest absolute Gasteiger partial charge is 0.496 e. The highest BCUT2D eigenvalue weighted by atomic mass is 35.5. The molecule has 1 N–H and O–H groups in total. The van der Waals surface area contributed by atoms with E-state index in [0.717, 1.165) is 17.7 Å². The Labute approximate surface area is 170 Å². The number of para-hydroxylation sites is 1. The molecule has 2 amide bonds. The number of methoxy groups -OCH3 is 1. The van der Waals surface area contributed by atoms with Gasteiger partial charge in [-0.25, -0.2) is 0 Å². The number of carbonyl (C=O) groups excluding carboxylic acids is 2. The third-order valence-electron chi connectivity index (χ3n) is 5.12. The van der Waals surface area contributed by atoms with Gasteiger partial charge in [0.05, 0.1) is 13.0 Å². The van der Waals surface area contributed by atoms with Gasteiger partial charge < -0.3 is 15.0 Å². The maximum Gasteiger partial charge on any atom is 0.253 e. The average molecular weight is 401 g/mol. The van der Waals surface area contributed by atoms with Gasteiger partial charge >= 0.3 is 0 Å². The first-order valence-corrected chi connectivity index (χ1v) is 9.88. The van der Waals surface area contributed by atoms with E-state index in [-0.39, 0.29) is 23.7 Å². The minimum Gasteiger partial charge on any atom is -0.496 e. The van der Waals surface area contributed by atoms with E-state index in [1.807, 2.05) is 31.2 Å². The van der Waals surface area contributed by atoms with Gasteiger partial charge in [0.1, 0.15) is 5.75 Å². The second kappa shape index (κ2) is 9.11. The molecule has 5 nitrogen and oxygen atoms in total. The topological polar surface area (TPSA) is 58.6 Å². The number of likely N-dealkylation sites (tertiary alicyclic amines) is 1. The zero-order chi connectivity index (χ0) is 20.1. The Bertz CT molecular complexity index is 838. The van der Waals surface area contributed by atoms with Gasteiger partial charge in [-0.15, -0.1) is 0 Å². The maximum atomic E-state index is 13.0. The summed E-state index contributed by atoms with van der Waals surface area (Å²) < 4.78 is 5.51. The maximum absolute atomic E-state index is 13.0. The molecule has 1 aliphatic heterocycles. The lowest BCUT2D eigenvalue weighted by Gasteiger charge is -2.20. The van der Waals surface area contributed by atoms with Gasteiger partial charge in [0, 0.05) is 36.1 Å². The molecule has 0 saturated carbocycles. The molecule has 1 fully saturated rings. The molecule has 148 valence electrons. The highest BCUT2D eigenvalue weighted by molar-refractivity contribution is 6.30. The smallest absolute Gasteiger partial charge is 0.253 e. The summed E-state index contributed by atoms with van der Waals surface area (Å²) in [7, 11) is 1.62. The summed E-state index contributed by atoms with van der Waals surface area (Å²) in [5, 5.41) is 3.57.